The Labute approximate surface area is 199 Å². The quantitative estimate of drug-likeness (QED) is 0.347. The number of fused-ring (bicyclic) bond motifs is 3. The van der Waals surface area contributed by atoms with E-state index in [1.807, 2.05) is 0 Å². The molecule has 34 heavy (non-hydrogen) atoms. The molecule has 0 aromatic carbocycles. The van der Waals surface area contributed by atoms with Crippen LogP contribution in [0, 0.1) is 34.0 Å². The van der Waals surface area contributed by atoms with Gasteiger partial charge >= 0.3 is 17.9 Å². The zero-order chi connectivity index (χ0) is 25.2. The maximum absolute atomic E-state index is 14.0. The lowest BCUT2D eigenvalue weighted by molar-refractivity contribution is -0.244. The van der Waals surface area contributed by atoms with E-state index in [1.165, 1.54) is 20.8 Å². The van der Waals surface area contributed by atoms with Crippen molar-refractivity contribution in [3.8, 4) is 0 Å². The first-order valence-electron chi connectivity index (χ1n) is 12.0. The van der Waals surface area contributed by atoms with Gasteiger partial charge in [-0.1, -0.05) is 26.8 Å². The molecule has 8 heteroatoms. The highest BCUT2D eigenvalue weighted by atomic mass is 16.6. The SMILES string of the molecule is C=C1C(=O)C23C(C(=O)CC1[C@H]2OC(C)=O)[C@@]1(COC(C)=O)CCCC(C)(C)C1C[C@@H]3OC(C)=O. The summed E-state index contributed by atoms with van der Waals surface area (Å²) >= 11 is 0. The topological polar surface area (TPSA) is 113 Å². The number of ether oxygens (including phenoxy) is 3. The summed E-state index contributed by atoms with van der Waals surface area (Å²) in [6.45, 7) is 12.0. The molecule has 0 amide bonds. The third kappa shape index (κ3) is 3.28. The second kappa shape index (κ2) is 8.02. The van der Waals surface area contributed by atoms with Gasteiger partial charge in [-0.2, -0.15) is 0 Å². The summed E-state index contributed by atoms with van der Waals surface area (Å²) in [5.41, 5.74) is -2.44. The molecule has 186 valence electrons. The van der Waals surface area contributed by atoms with Gasteiger partial charge in [0.25, 0.3) is 0 Å². The Balaban J connectivity index is 2.00. The van der Waals surface area contributed by atoms with E-state index < -0.39 is 52.8 Å². The standard InChI is InChI=1S/C26H34O8/c1-13-17-10-18(30)21-25(12-32-14(2)27)9-7-8-24(5,6)19(25)11-20(33-15(3)28)26(21,22(13)31)23(17)34-16(4)29/h17,19-21,23H,1,7-12H2,2-6H3/t17?,19?,20-,21?,23+,25+,26?/m0/s1. The summed E-state index contributed by atoms with van der Waals surface area (Å²) in [4.78, 5) is 64.3. The van der Waals surface area contributed by atoms with E-state index in [4.69, 9.17) is 14.2 Å². The lowest BCUT2D eigenvalue weighted by Gasteiger charge is -2.65. The Hall–Kier alpha value is -2.51. The largest absolute Gasteiger partial charge is 0.465 e. The van der Waals surface area contributed by atoms with Crippen molar-refractivity contribution in [2.24, 2.45) is 34.0 Å². The normalized spacial score (nSPS) is 40.1. The van der Waals surface area contributed by atoms with Gasteiger partial charge in [-0.15, -0.1) is 0 Å². The molecule has 0 saturated heterocycles. The van der Waals surface area contributed by atoms with Crippen molar-refractivity contribution in [1.82, 2.24) is 0 Å². The van der Waals surface area contributed by atoms with Crippen molar-refractivity contribution in [2.45, 2.75) is 78.9 Å². The van der Waals surface area contributed by atoms with Gasteiger partial charge in [-0.3, -0.25) is 24.0 Å². The fourth-order valence-corrected chi connectivity index (χ4v) is 8.03. The average Bonchev–Trinajstić information content (AvgIpc) is 2.84. The smallest absolute Gasteiger partial charge is 0.302 e. The Morgan fingerprint density at radius 3 is 2.24 bits per heavy atom. The predicted octanol–water partition coefficient (Wildman–Crippen LogP) is 2.96. The number of hydrogen-bond acceptors (Lipinski definition) is 8. The van der Waals surface area contributed by atoms with Crippen molar-refractivity contribution in [1.29, 1.82) is 0 Å². The minimum absolute atomic E-state index is 0.0106. The molecule has 4 fully saturated rings. The maximum atomic E-state index is 14.0. The highest BCUT2D eigenvalue weighted by molar-refractivity contribution is 6.10. The van der Waals surface area contributed by atoms with E-state index in [0.717, 1.165) is 12.8 Å². The lowest BCUT2D eigenvalue weighted by atomic mass is 9.39. The third-order valence-electron chi connectivity index (χ3n) is 8.99. The number of carbonyl (C=O) groups is 5. The Morgan fingerprint density at radius 1 is 1.00 bits per heavy atom. The molecule has 1 spiro atoms. The molecule has 0 aliphatic heterocycles. The Morgan fingerprint density at radius 2 is 1.65 bits per heavy atom. The second-order valence-electron chi connectivity index (χ2n) is 11.3. The highest BCUT2D eigenvalue weighted by Crippen LogP contribution is 2.71. The molecule has 4 rings (SSSR count). The summed E-state index contributed by atoms with van der Waals surface area (Å²) in [7, 11) is 0. The van der Waals surface area contributed by atoms with Crippen molar-refractivity contribution >= 4 is 29.5 Å². The molecule has 0 aromatic heterocycles. The van der Waals surface area contributed by atoms with Crippen molar-refractivity contribution in [3.63, 3.8) is 0 Å². The van der Waals surface area contributed by atoms with Crippen LogP contribution in [0.1, 0.15) is 66.7 Å². The van der Waals surface area contributed by atoms with Gasteiger partial charge < -0.3 is 14.2 Å². The fraction of sp³-hybridized carbons (Fsp3) is 0.731. The van der Waals surface area contributed by atoms with Crippen LogP contribution in [0.15, 0.2) is 12.2 Å². The number of rotatable bonds is 4. The molecule has 8 nitrogen and oxygen atoms in total. The number of Topliss-reactive ketones (excluding diaryl/α,β-unsaturated/α-hetero) is 2. The maximum Gasteiger partial charge on any atom is 0.302 e. The third-order valence-corrected chi connectivity index (χ3v) is 8.99. The number of carbonyl (C=O) groups excluding carboxylic acids is 5. The van der Waals surface area contributed by atoms with Crippen molar-refractivity contribution in [2.75, 3.05) is 6.61 Å². The van der Waals surface area contributed by atoms with E-state index in [1.54, 1.807) is 0 Å². The Bertz CT molecular complexity index is 979. The Kier molecular flexibility index (Phi) is 5.81. The van der Waals surface area contributed by atoms with Crippen molar-refractivity contribution in [3.05, 3.63) is 12.2 Å². The van der Waals surface area contributed by atoms with E-state index in [2.05, 4.69) is 20.4 Å². The summed E-state index contributed by atoms with van der Waals surface area (Å²) in [5.74, 6) is -3.87. The van der Waals surface area contributed by atoms with Gasteiger partial charge in [-0.05, 0) is 36.2 Å². The molecule has 4 unspecified atom stereocenters. The first-order valence-corrected chi connectivity index (χ1v) is 12.0. The molecular weight excluding hydrogens is 440 g/mol. The van der Waals surface area contributed by atoms with Gasteiger partial charge in [0.05, 0.1) is 6.61 Å². The van der Waals surface area contributed by atoms with Crippen LogP contribution in [0.5, 0.6) is 0 Å². The van der Waals surface area contributed by atoms with Gasteiger partial charge in [0, 0.05) is 44.4 Å². The minimum atomic E-state index is -1.57. The van der Waals surface area contributed by atoms with Crippen LogP contribution >= 0.6 is 0 Å². The fourth-order valence-electron chi connectivity index (χ4n) is 8.03. The molecule has 0 radical (unpaired) electrons. The molecule has 2 bridgehead atoms. The summed E-state index contributed by atoms with van der Waals surface area (Å²) < 4.78 is 17.2. The zero-order valence-corrected chi connectivity index (χ0v) is 20.6. The van der Waals surface area contributed by atoms with Crippen LogP contribution in [-0.4, -0.2) is 48.3 Å². The molecule has 4 aliphatic rings. The second-order valence-corrected chi connectivity index (χ2v) is 11.3. The lowest BCUT2D eigenvalue weighted by Crippen LogP contribution is -2.72. The minimum Gasteiger partial charge on any atom is -0.465 e. The molecule has 4 saturated carbocycles. The zero-order valence-electron chi connectivity index (χ0n) is 20.6. The van der Waals surface area contributed by atoms with Crippen LogP contribution in [-0.2, 0) is 38.2 Å². The summed E-state index contributed by atoms with van der Waals surface area (Å²) in [6.07, 6.45) is 0.660. The van der Waals surface area contributed by atoms with Crippen molar-refractivity contribution < 1.29 is 38.2 Å². The number of hydrogen-bond donors (Lipinski definition) is 0. The highest BCUT2D eigenvalue weighted by Gasteiger charge is 2.79. The van der Waals surface area contributed by atoms with Crippen LogP contribution in [0.25, 0.3) is 0 Å². The van der Waals surface area contributed by atoms with Crippen LogP contribution < -0.4 is 0 Å². The number of esters is 3. The van der Waals surface area contributed by atoms with Crippen LogP contribution in [0.4, 0.5) is 0 Å². The first-order chi connectivity index (χ1) is 15.8. The first kappa shape index (κ1) is 24.6. The summed E-state index contributed by atoms with van der Waals surface area (Å²) in [5, 5.41) is 0. The summed E-state index contributed by atoms with van der Waals surface area (Å²) in [6, 6.07) is 0. The van der Waals surface area contributed by atoms with E-state index in [0.29, 0.717) is 12.8 Å². The predicted molar refractivity (Wildman–Crippen MR) is 119 cm³/mol. The van der Waals surface area contributed by atoms with E-state index in [-0.39, 0.29) is 41.5 Å². The van der Waals surface area contributed by atoms with Gasteiger partial charge in [0.15, 0.2) is 5.78 Å². The van der Waals surface area contributed by atoms with Crippen LogP contribution in [0.3, 0.4) is 0 Å². The molecule has 4 aliphatic carbocycles. The van der Waals surface area contributed by atoms with E-state index in [9.17, 15) is 24.0 Å². The molecule has 0 heterocycles. The van der Waals surface area contributed by atoms with Crippen LogP contribution in [0.2, 0.25) is 0 Å². The van der Waals surface area contributed by atoms with E-state index >= 15 is 0 Å². The number of ketones is 2. The molecule has 0 N–H and O–H groups in total. The molecule has 7 atom stereocenters. The van der Waals surface area contributed by atoms with Gasteiger partial charge in [0.1, 0.15) is 23.4 Å². The molecule has 0 aromatic rings. The average molecular weight is 475 g/mol. The van der Waals surface area contributed by atoms with Gasteiger partial charge in [-0.25, -0.2) is 0 Å². The monoisotopic (exact) mass is 474 g/mol. The molecular formula is C26H34O8. The van der Waals surface area contributed by atoms with Gasteiger partial charge in [0.2, 0.25) is 0 Å².